The van der Waals surface area contributed by atoms with E-state index in [9.17, 15) is 4.79 Å². The van der Waals surface area contributed by atoms with E-state index < -0.39 is 0 Å². The highest BCUT2D eigenvalue weighted by Gasteiger charge is 2.12. The zero-order chi connectivity index (χ0) is 30.1. The summed E-state index contributed by atoms with van der Waals surface area (Å²) in [5.74, 6) is 1.60. The molecule has 0 aliphatic carbocycles. The number of halogens is 2. The highest BCUT2D eigenvalue weighted by molar-refractivity contribution is 7.99. The second-order valence-corrected chi connectivity index (χ2v) is 11.0. The van der Waals surface area contributed by atoms with Crippen LogP contribution in [0, 0.1) is 20.8 Å². The number of carbonyl (C=O) groups is 1. The van der Waals surface area contributed by atoms with E-state index in [0.717, 1.165) is 22.9 Å². The second-order valence-electron chi connectivity index (χ2n) is 9.21. The fourth-order valence-electron chi connectivity index (χ4n) is 4.00. The molecule has 0 saturated carbocycles. The van der Waals surface area contributed by atoms with Crippen LogP contribution in [0.4, 0.5) is 0 Å². The SMILES string of the molecule is CCOc1cc(/C=N\NC(=O)CSc2nnc(COc3ccc(Cl)cc3Cl)o2)ccc1OCc1c(C)cc(C)cc1C. The van der Waals surface area contributed by atoms with E-state index in [1.807, 2.05) is 25.1 Å². The maximum atomic E-state index is 12.3. The van der Waals surface area contributed by atoms with Gasteiger partial charge in [0.1, 0.15) is 12.4 Å². The van der Waals surface area contributed by atoms with Crippen LogP contribution in [0.5, 0.6) is 17.2 Å². The molecule has 42 heavy (non-hydrogen) atoms. The number of nitrogens with zero attached hydrogens (tertiary/aromatic N) is 3. The average molecular weight is 630 g/mol. The van der Waals surface area contributed by atoms with E-state index in [1.54, 1.807) is 18.2 Å². The van der Waals surface area contributed by atoms with Gasteiger partial charge < -0.3 is 18.6 Å². The first kappa shape index (κ1) is 31.2. The Morgan fingerprint density at radius 2 is 1.69 bits per heavy atom. The Bertz CT molecular complexity index is 1550. The van der Waals surface area contributed by atoms with Crippen molar-refractivity contribution in [3.8, 4) is 17.2 Å². The predicted molar refractivity (Wildman–Crippen MR) is 164 cm³/mol. The van der Waals surface area contributed by atoms with Crippen LogP contribution in [0.3, 0.4) is 0 Å². The van der Waals surface area contributed by atoms with Gasteiger partial charge in [-0.3, -0.25) is 4.79 Å². The highest BCUT2D eigenvalue weighted by atomic mass is 35.5. The minimum absolute atomic E-state index is 0.0181. The minimum Gasteiger partial charge on any atom is -0.490 e. The third kappa shape index (κ3) is 8.88. The summed E-state index contributed by atoms with van der Waals surface area (Å²) in [6, 6.07) is 14.7. The molecule has 0 fully saturated rings. The molecule has 0 radical (unpaired) electrons. The van der Waals surface area contributed by atoms with Crippen molar-refractivity contribution in [3.63, 3.8) is 0 Å². The number of rotatable bonds is 13. The summed E-state index contributed by atoms with van der Waals surface area (Å²) in [6.07, 6.45) is 1.53. The van der Waals surface area contributed by atoms with Gasteiger partial charge in [0.2, 0.25) is 0 Å². The van der Waals surface area contributed by atoms with Gasteiger partial charge in [0.05, 0.1) is 23.6 Å². The molecule has 1 amide bonds. The molecule has 0 aliphatic rings. The Morgan fingerprint density at radius 3 is 2.43 bits per heavy atom. The summed E-state index contributed by atoms with van der Waals surface area (Å²) in [4.78, 5) is 12.3. The van der Waals surface area contributed by atoms with Crippen LogP contribution in [0.25, 0.3) is 0 Å². The number of amides is 1. The molecule has 0 spiro atoms. The molecule has 0 aliphatic heterocycles. The van der Waals surface area contributed by atoms with Crippen LogP contribution in [0.15, 0.2) is 63.3 Å². The first-order valence-electron chi connectivity index (χ1n) is 13.0. The normalized spacial score (nSPS) is 11.1. The van der Waals surface area contributed by atoms with Crippen molar-refractivity contribution in [2.24, 2.45) is 5.10 Å². The van der Waals surface area contributed by atoms with Gasteiger partial charge in [-0.05, 0) is 86.3 Å². The van der Waals surface area contributed by atoms with E-state index in [0.29, 0.717) is 40.5 Å². The summed E-state index contributed by atoms with van der Waals surface area (Å²) in [5, 5.41) is 13.0. The summed E-state index contributed by atoms with van der Waals surface area (Å²) >= 11 is 13.1. The maximum absolute atomic E-state index is 12.3. The van der Waals surface area contributed by atoms with Crippen molar-refractivity contribution in [2.75, 3.05) is 12.4 Å². The van der Waals surface area contributed by atoms with Crippen molar-refractivity contribution in [2.45, 2.75) is 46.1 Å². The lowest BCUT2D eigenvalue weighted by Gasteiger charge is -2.15. The lowest BCUT2D eigenvalue weighted by Crippen LogP contribution is -2.19. The molecule has 4 aromatic rings. The minimum atomic E-state index is -0.339. The van der Waals surface area contributed by atoms with Crippen LogP contribution < -0.4 is 19.6 Å². The third-order valence-electron chi connectivity index (χ3n) is 5.90. The largest absolute Gasteiger partial charge is 0.490 e. The molecular formula is C30H30Cl2N4O5S. The number of carbonyl (C=O) groups excluding carboxylic acids is 1. The van der Waals surface area contributed by atoms with Gasteiger partial charge in [-0.1, -0.05) is 52.7 Å². The highest BCUT2D eigenvalue weighted by Crippen LogP contribution is 2.30. The molecule has 9 nitrogen and oxygen atoms in total. The lowest BCUT2D eigenvalue weighted by molar-refractivity contribution is -0.118. The molecular weight excluding hydrogens is 599 g/mol. The number of hydrogen-bond donors (Lipinski definition) is 1. The topological polar surface area (TPSA) is 108 Å². The first-order chi connectivity index (χ1) is 20.2. The summed E-state index contributed by atoms with van der Waals surface area (Å²) < 4.78 is 23.0. The summed E-state index contributed by atoms with van der Waals surface area (Å²) in [6.45, 7) is 9.10. The number of ether oxygens (including phenoxy) is 3. The van der Waals surface area contributed by atoms with Crippen LogP contribution in [-0.2, 0) is 18.0 Å². The zero-order valence-corrected chi connectivity index (χ0v) is 25.9. The molecule has 0 atom stereocenters. The van der Waals surface area contributed by atoms with Crippen molar-refractivity contribution in [1.82, 2.24) is 15.6 Å². The fraction of sp³-hybridized carbons (Fsp3) is 0.267. The molecule has 0 bridgehead atoms. The smallest absolute Gasteiger partial charge is 0.277 e. The molecule has 12 heteroatoms. The molecule has 1 N–H and O–H groups in total. The van der Waals surface area contributed by atoms with Crippen molar-refractivity contribution in [1.29, 1.82) is 0 Å². The van der Waals surface area contributed by atoms with Crippen molar-refractivity contribution < 1.29 is 23.4 Å². The van der Waals surface area contributed by atoms with Gasteiger partial charge in [0, 0.05) is 5.02 Å². The van der Waals surface area contributed by atoms with Crippen LogP contribution in [-0.4, -0.2) is 34.7 Å². The Kier molecular flexibility index (Phi) is 11.1. The Hall–Kier alpha value is -3.73. The average Bonchev–Trinajstić information content (AvgIpc) is 3.40. The number of hydrogen-bond acceptors (Lipinski definition) is 9. The molecule has 220 valence electrons. The molecule has 4 rings (SSSR count). The Labute approximate surface area is 258 Å². The molecule has 3 aromatic carbocycles. The first-order valence-corrected chi connectivity index (χ1v) is 14.8. The van der Waals surface area contributed by atoms with Gasteiger partial charge in [0.15, 0.2) is 18.1 Å². The van der Waals surface area contributed by atoms with Crippen LogP contribution >= 0.6 is 35.0 Å². The van der Waals surface area contributed by atoms with Gasteiger partial charge in [-0.15, -0.1) is 10.2 Å². The summed E-state index contributed by atoms with van der Waals surface area (Å²) in [7, 11) is 0. The Morgan fingerprint density at radius 1 is 0.952 bits per heavy atom. The van der Waals surface area contributed by atoms with E-state index in [2.05, 4.69) is 53.6 Å². The standard InChI is InChI=1S/C30H30Cl2N4O5S/c1-5-38-27-12-21(6-8-26(27)39-15-23-19(3)10-18(2)11-20(23)4)14-33-34-28(37)17-42-30-36-35-29(41-30)16-40-25-9-7-22(31)13-24(25)32/h6-14H,5,15-17H2,1-4H3,(H,34,37)/b33-14-. The predicted octanol–water partition coefficient (Wildman–Crippen LogP) is 7.10. The van der Waals surface area contributed by atoms with Gasteiger partial charge in [0.25, 0.3) is 17.0 Å². The summed E-state index contributed by atoms with van der Waals surface area (Å²) in [5.41, 5.74) is 8.00. The van der Waals surface area contributed by atoms with E-state index in [4.69, 9.17) is 41.8 Å². The van der Waals surface area contributed by atoms with E-state index in [1.165, 1.54) is 22.9 Å². The molecule has 0 unspecified atom stereocenters. The fourth-order valence-corrected chi connectivity index (χ4v) is 5.04. The number of aryl methyl sites for hydroxylation is 3. The van der Waals surface area contributed by atoms with Crippen LogP contribution in [0.2, 0.25) is 10.0 Å². The second kappa shape index (κ2) is 14.9. The monoisotopic (exact) mass is 628 g/mol. The zero-order valence-electron chi connectivity index (χ0n) is 23.6. The number of benzene rings is 3. The number of hydrazone groups is 1. The molecule has 0 saturated heterocycles. The Balaban J connectivity index is 1.26. The maximum Gasteiger partial charge on any atom is 0.277 e. The van der Waals surface area contributed by atoms with Gasteiger partial charge in [-0.25, -0.2) is 5.43 Å². The van der Waals surface area contributed by atoms with E-state index >= 15 is 0 Å². The number of nitrogens with one attached hydrogen (secondary N) is 1. The van der Waals surface area contributed by atoms with Gasteiger partial charge in [-0.2, -0.15) is 5.10 Å². The lowest BCUT2D eigenvalue weighted by atomic mass is 10.0. The van der Waals surface area contributed by atoms with Gasteiger partial charge >= 0.3 is 0 Å². The van der Waals surface area contributed by atoms with Crippen molar-refractivity contribution >= 4 is 47.1 Å². The quantitative estimate of drug-likeness (QED) is 0.0948. The van der Waals surface area contributed by atoms with E-state index in [-0.39, 0.29) is 29.4 Å². The molecule has 1 heterocycles. The molecule has 1 aromatic heterocycles. The number of thioether (sulfide) groups is 1. The number of aromatic nitrogens is 2. The van der Waals surface area contributed by atoms with Crippen LogP contribution in [0.1, 0.15) is 40.6 Å². The third-order valence-corrected chi connectivity index (χ3v) is 7.25. The van der Waals surface area contributed by atoms with Crippen molar-refractivity contribution in [3.05, 3.63) is 92.3 Å².